The Hall–Kier alpha value is -1.98. The molecular formula is C14H16BrN3O3. The number of aromatic nitrogens is 3. The number of pyridine rings is 1. The lowest BCUT2D eigenvalue weighted by Gasteiger charge is -2.09. The summed E-state index contributed by atoms with van der Waals surface area (Å²) in [4.78, 5) is 20.7. The fraction of sp³-hybridized carbons (Fsp3) is 0.357. The van der Waals surface area contributed by atoms with Gasteiger partial charge in [-0.05, 0) is 41.4 Å². The Labute approximate surface area is 131 Å². The van der Waals surface area contributed by atoms with Crippen LogP contribution in [0.15, 0.2) is 22.8 Å². The van der Waals surface area contributed by atoms with E-state index in [0.717, 1.165) is 40.3 Å². The standard InChI is InChI=1S/C13H16BrN3O.CO2/c1-4-10-7-11(17(5-2)16-10)13-12(18-3)6-9(14)8-15-13;2-1-3/h6-8H,4-5H2,1-3H3;. The van der Waals surface area contributed by atoms with Gasteiger partial charge >= 0.3 is 6.15 Å². The summed E-state index contributed by atoms with van der Waals surface area (Å²) in [6.07, 6.45) is 2.94. The smallest absolute Gasteiger partial charge is 0.373 e. The number of nitrogens with zero attached hydrogens (tertiary/aromatic N) is 3. The molecule has 0 aromatic carbocycles. The van der Waals surface area contributed by atoms with Gasteiger partial charge in [0.25, 0.3) is 0 Å². The molecule has 0 unspecified atom stereocenters. The molecule has 0 fully saturated rings. The Kier molecular flexibility index (Phi) is 6.78. The summed E-state index contributed by atoms with van der Waals surface area (Å²) >= 11 is 3.40. The SMILES string of the molecule is CCc1cc(-c2ncc(Br)cc2OC)n(CC)n1.O=C=O. The Morgan fingerprint density at radius 3 is 2.52 bits per heavy atom. The average Bonchev–Trinajstić information content (AvgIpc) is 2.91. The first-order valence-electron chi connectivity index (χ1n) is 6.37. The van der Waals surface area contributed by atoms with E-state index >= 15 is 0 Å². The second kappa shape index (κ2) is 8.34. The first kappa shape index (κ1) is 17.1. The van der Waals surface area contributed by atoms with Gasteiger partial charge in [-0.15, -0.1) is 0 Å². The molecule has 0 bridgehead atoms. The van der Waals surface area contributed by atoms with E-state index in [1.807, 2.05) is 10.7 Å². The Balaban J connectivity index is 0.000000677. The number of aryl methyl sites for hydroxylation is 2. The second-order valence-corrected chi connectivity index (χ2v) is 4.89. The van der Waals surface area contributed by atoms with E-state index < -0.39 is 0 Å². The lowest BCUT2D eigenvalue weighted by molar-refractivity contribution is -0.191. The monoisotopic (exact) mass is 353 g/mol. The number of rotatable bonds is 4. The van der Waals surface area contributed by atoms with Gasteiger partial charge < -0.3 is 4.74 Å². The van der Waals surface area contributed by atoms with Crippen molar-refractivity contribution in [1.29, 1.82) is 0 Å². The molecule has 0 aliphatic heterocycles. The molecule has 0 spiro atoms. The van der Waals surface area contributed by atoms with Crippen molar-refractivity contribution in [3.8, 4) is 17.1 Å². The minimum absolute atomic E-state index is 0.250. The van der Waals surface area contributed by atoms with Crippen LogP contribution in [0, 0.1) is 0 Å². The van der Waals surface area contributed by atoms with Crippen LogP contribution < -0.4 is 4.74 Å². The van der Waals surface area contributed by atoms with Crippen molar-refractivity contribution in [2.24, 2.45) is 0 Å². The van der Waals surface area contributed by atoms with E-state index in [-0.39, 0.29) is 6.15 Å². The summed E-state index contributed by atoms with van der Waals surface area (Å²) in [5, 5.41) is 4.53. The zero-order chi connectivity index (χ0) is 15.8. The molecule has 0 atom stereocenters. The first-order valence-corrected chi connectivity index (χ1v) is 7.16. The van der Waals surface area contributed by atoms with Crippen LogP contribution in [0.1, 0.15) is 19.5 Å². The predicted molar refractivity (Wildman–Crippen MR) is 79.8 cm³/mol. The molecule has 6 nitrogen and oxygen atoms in total. The molecule has 112 valence electrons. The topological polar surface area (TPSA) is 74.1 Å². The molecule has 0 aliphatic rings. The number of carbonyl (C=O) groups excluding carboxylic acids is 2. The van der Waals surface area contributed by atoms with E-state index in [2.05, 4.69) is 45.9 Å². The minimum atomic E-state index is 0.250. The third-order valence-electron chi connectivity index (χ3n) is 2.77. The molecular weight excluding hydrogens is 338 g/mol. The van der Waals surface area contributed by atoms with Crippen LogP contribution in [0.5, 0.6) is 5.75 Å². The van der Waals surface area contributed by atoms with Crippen LogP contribution >= 0.6 is 15.9 Å². The quantitative estimate of drug-likeness (QED) is 0.844. The summed E-state index contributed by atoms with van der Waals surface area (Å²) in [5.41, 5.74) is 2.90. The molecule has 0 radical (unpaired) electrons. The van der Waals surface area contributed by atoms with Gasteiger partial charge in [-0.1, -0.05) is 6.92 Å². The van der Waals surface area contributed by atoms with Gasteiger partial charge in [-0.3, -0.25) is 4.68 Å². The van der Waals surface area contributed by atoms with Crippen LogP contribution in [0.3, 0.4) is 0 Å². The summed E-state index contributed by atoms with van der Waals surface area (Å²) in [6.45, 7) is 4.98. The van der Waals surface area contributed by atoms with Crippen LogP contribution in [-0.2, 0) is 22.6 Å². The minimum Gasteiger partial charge on any atom is -0.494 e. The molecule has 2 rings (SSSR count). The number of methoxy groups -OCH3 is 1. The molecule has 21 heavy (non-hydrogen) atoms. The van der Waals surface area contributed by atoms with Crippen LogP contribution in [0.2, 0.25) is 0 Å². The average molecular weight is 354 g/mol. The highest BCUT2D eigenvalue weighted by Crippen LogP contribution is 2.30. The Morgan fingerprint density at radius 2 is 2.00 bits per heavy atom. The van der Waals surface area contributed by atoms with Gasteiger partial charge in [0.1, 0.15) is 11.4 Å². The van der Waals surface area contributed by atoms with E-state index in [1.165, 1.54) is 0 Å². The number of ether oxygens (including phenoxy) is 1. The molecule has 2 aromatic rings. The molecule has 2 aromatic heterocycles. The summed E-state index contributed by atoms with van der Waals surface area (Å²) < 4.78 is 8.25. The van der Waals surface area contributed by atoms with Crippen molar-refractivity contribution >= 4 is 22.1 Å². The molecule has 0 saturated heterocycles. The van der Waals surface area contributed by atoms with Crippen molar-refractivity contribution in [3.63, 3.8) is 0 Å². The molecule has 0 aliphatic carbocycles. The molecule has 0 saturated carbocycles. The Bertz CT molecular complexity index is 634. The van der Waals surface area contributed by atoms with Gasteiger partial charge in [0, 0.05) is 17.2 Å². The second-order valence-electron chi connectivity index (χ2n) is 3.98. The highest BCUT2D eigenvalue weighted by molar-refractivity contribution is 9.10. The highest BCUT2D eigenvalue weighted by atomic mass is 79.9. The lowest BCUT2D eigenvalue weighted by atomic mass is 10.2. The zero-order valence-corrected chi connectivity index (χ0v) is 13.7. The lowest BCUT2D eigenvalue weighted by Crippen LogP contribution is -2.02. The fourth-order valence-electron chi connectivity index (χ4n) is 1.84. The van der Waals surface area contributed by atoms with Crippen molar-refractivity contribution in [2.75, 3.05) is 7.11 Å². The van der Waals surface area contributed by atoms with E-state index in [1.54, 1.807) is 13.3 Å². The van der Waals surface area contributed by atoms with E-state index in [4.69, 9.17) is 14.3 Å². The Morgan fingerprint density at radius 1 is 1.33 bits per heavy atom. The third kappa shape index (κ3) is 4.24. The fourth-order valence-corrected chi connectivity index (χ4v) is 2.15. The van der Waals surface area contributed by atoms with Gasteiger partial charge in [0.2, 0.25) is 0 Å². The maximum Gasteiger partial charge on any atom is 0.373 e. The highest BCUT2D eigenvalue weighted by Gasteiger charge is 2.14. The normalized spacial score (nSPS) is 9.52. The largest absolute Gasteiger partial charge is 0.494 e. The van der Waals surface area contributed by atoms with Crippen LogP contribution in [0.25, 0.3) is 11.4 Å². The van der Waals surface area contributed by atoms with E-state index in [9.17, 15) is 0 Å². The zero-order valence-electron chi connectivity index (χ0n) is 12.1. The van der Waals surface area contributed by atoms with Gasteiger partial charge in [0.05, 0.1) is 18.5 Å². The molecule has 0 amide bonds. The number of hydrogen-bond acceptors (Lipinski definition) is 5. The van der Waals surface area contributed by atoms with E-state index in [0.29, 0.717) is 0 Å². The van der Waals surface area contributed by atoms with Crippen LogP contribution in [-0.4, -0.2) is 28.0 Å². The van der Waals surface area contributed by atoms with Crippen molar-refractivity contribution in [1.82, 2.24) is 14.8 Å². The number of halogens is 1. The molecule has 7 heteroatoms. The predicted octanol–water partition coefficient (Wildman–Crippen LogP) is 2.71. The van der Waals surface area contributed by atoms with Crippen molar-refractivity contribution < 1.29 is 14.3 Å². The van der Waals surface area contributed by atoms with Crippen molar-refractivity contribution in [2.45, 2.75) is 26.8 Å². The van der Waals surface area contributed by atoms with Gasteiger partial charge in [-0.2, -0.15) is 14.7 Å². The van der Waals surface area contributed by atoms with Crippen LogP contribution in [0.4, 0.5) is 0 Å². The van der Waals surface area contributed by atoms with Gasteiger partial charge in [-0.25, -0.2) is 4.98 Å². The van der Waals surface area contributed by atoms with Gasteiger partial charge in [0.15, 0.2) is 0 Å². The third-order valence-corrected chi connectivity index (χ3v) is 3.21. The molecule has 0 N–H and O–H groups in total. The summed E-state index contributed by atoms with van der Waals surface area (Å²) in [6, 6.07) is 3.99. The first-order chi connectivity index (χ1) is 10.1. The summed E-state index contributed by atoms with van der Waals surface area (Å²) in [5.74, 6) is 0.752. The number of hydrogen-bond donors (Lipinski definition) is 0. The maximum atomic E-state index is 8.12. The maximum absolute atomic E-state index is 8.12. The molecule has 2 heterocycles. The van der Waals surface area contributed by atoms with Crippen molar-refractivity contribution in [3.05, 3.63) is 28.5 Å². The summed E-state index contributed by atoms with van der Waals surface area (Å²) in [7, 11) is 1.65.